The number of benzene rings is 1. The summed E-state index contributed by atoms with van der Waals surface area (Å²) in [6.45, 7) is 3.97. The van der Waals surface area contributed by atoms with Crippen molar-refractivity contribution in [2.45, 2.75) is 26.7 Å². The molecule has 16 heavy (non-hydrogen) atoms. The second kappa shape index (κ2) is 4.35. The number of rotatable bonds is 3. The van der Waals surface area contributed by atoms with Crippen molar-refractivity contribution in [1.82, 2.24) is 10.1 Å². The first-order valence-corrected chi connectivity index (χ1v) is 5.33. The molecule has 0 aliphatic rings. The van der Waals surface area contributed by atoms with Crippen molar-refractivity contribution in [2.75, 3.05) is 0 Å². The van der Waals surface area contributed by atoms with E-state index < -0.39 is 0 Å². The maximum atomic E-state index is 9.76. The van der Waals surface area contributed by atoms with Crippen LogP contribution < -0.4 is 0 Å². The minimum atomic E-state index is 0.173. The lowest BCUT2D eigenvalue weighted by atomic mass is 10.1. The van der Waals surface area contributed by atoms with Crippen molar-refractivity contribution in [2.24, 2.45) is 0 Å². The lowest BCUT2D eigenvalue weighted by Gasteiger charge is -1.99. The standard InChI is InChI=1S/C12H14N2O2/c1-3-4-11-13-12(16-14-11)9-6-5-8(2)7-10(9)15/h5-7,15H,3-4H2,1-2H3. The molecule has 1 heterocycles. The van der Waals surface area contributed by atoms with Gasteiger partial charge >= 0.3 is 0 Å². The molecule has 84 valence electrons. The van der Waals surface area contributed by atoms with Crippen molar-refractivity contribution in [3.63, 3.8) is 0 Å². The molecule has 0 atom stereocenters. The third-order valence-corrected chi connectivity index (χ3v) is 2.33. The Kier molecular flexibility index (Phi) is 2.90. The van der Waals surface area contributed by atoms with Crippen molar-refractivity contribution >= 4 is 0 Å². The number of aryl methyl sites for hydroxylation is 2. The summed E-state index contributed by atoms with van der Waals surface area (Å²) >= 11 is 0. The van der Waals surface area contributed by atoms with Crippen LogP contribution in [0.3, 0.4) is 0 Å². The summed E-state index contributed by atoms with van der Waals surface area (Å²) in [5.74, 6) is 1.23. The fraction of sp³-hybridized carbons (Fsp3) is 0.333. The molecule has 0 fully saturated rings. The van der Waals surface area contributed by atoms with Crippen LogP contribution in [0.1, 0.15) is 24.7 Å². The first kappa shape index (κ1) is 10.7. The van der Waals surface area contributed by atoms with E-state index in [2.05, 4.69) is 17.1 Å². The monoisotopic (exact) mass is 218 g/mol. The van der Waals surface area contributed by atoms with Gasteiger partial charge in [0.1, 0.15) is 5.75 Å². The minimum Gasteiger partial charge on any atom is -0.507 e. The van der Waals surface area contributed by atoms with Gasteiger partial charge in [-0.2, -0.15) is 4.98 Å². The second-order valence-electron chi connectivity index (χ2n) is 3.79. The highest BCUT2D eigenvalue weighted by atomic mass is 16.5. The van der Waals surface area contributed by atoms with E-state index in [1.54, 1.807) is 12.1 Å². The van der Waals surface area contributed by atoms with Gasteiger partial charge in [-0.15, -0.1) is 0 Å². The Bertz CT molecular complexity index is 492. The Labute approximate surface area is 93.9 Å². The summed E-state index contributed by atoms with van der Waals surface area (Å²) in [6.07, 6.45) is 1.76. The first-order chi connectivity index (χ1) is 7.70. The molecule has 1 N–H and O–H groups in total. The number of phenols is 1. The van der Waals surface area contributed by atoms with E-state index in [1.165, 1.54) is 0 Å². The van der Waals surface area contributed by atoms with Crippen LogP contribution in [0.25, 0.3) is 11.5 Å². The molecular formula is C12H14N2O2. The smallest absolute Gasteiger partial charge is 0.261 e. The summed E-state index contributed by atoms with van der Waals surface area (Å²) in [7, 11) is 0. The average molecular weight is 218 g/mol. The molecule has 0 amide bonds. The van der Waals surface area contributed by atoms with Crippen LogP contribution in [0.4, 0.5) is 0 Å². The Morgan fingerprint density at radius 2 is 2.19 bits per heavy atom. The molecule has 0 radical (unpaired) electrons. The minimum absolute atomic E-state index is 0.173. The highest BCUT2D eigenvalue weighted by Gasteiger charge is 2.12. The van der Waals surface area contributed by atoms with Crippen LogP contribution in [0.15, 0.2) is 22.7 Å². The lowest BCUT2D eigenvalue weighted by molar-refractivity contribution is 0.417. The van der Waals surface area contributed by atoms with Gasteiger partial charge in [-0.3, -0.25) is 0 Å². The SMILES string of the molecule is CCCc1noc(-c2ccc(C)cc2O)n1. The molecule has 2 aromatic rings. The van der Waals surface area contributed by atoms with Crippen molar-refractivity contribution in [1.29, 1.82) is 0 Å². The maximum absolute atomic E-state index is 9.76. The Hall–Kier alpha value is -1.84. The van der Waals surface area contributed by atoms with E-state index in [-0.39, 0.29) is 5.75 Å². The number of hydrogen-bond acceptors (Lipinski definition) is 4. The molecule has 4 nitrogen and oxygen atoms in total. The summed E-state index contributed by atoms with van der Waals surface area (Å²) < 4.78 is 5.10. The highest BCUT2D eigenvalue weighted by molar-refractivity contribution is 5.62. The average Bonchev–Trinajstić information content (AvgIpc) is 2.67. The van der Waals surface area contributed by atoms with E-state index in [9.17, 15) is 5.11 Å². The van der Waals surface area contributed by atoms with Gasteiger partial charge in [0.2, 0.25) is 0 Å². The number of phenolic OH excluding ortho intramolecular Hbond substituents is 1. The zero-order chi connectivity index (χ0) is 11.5. The van der Waals surface area contributed by atoms with Gasteiger partial charge < -0.3 is 9.63 Å². The molecule has 0 unspecified atom stereocenters. The molecule has 4 heteroatoms. The molecule has 0 saturated carbocycles. The first-order valence-electron chi connectivity index (χ1n) is 5.33. The Balaban J connectivity index is 2.35. The summed E-state index contributed by atoms with van der Waals surface area (Å²) in [4.78, 5) is 4.22. The van der Waals surface area contributed by atoms with Crippen LogP contribution in [0, 0.1) is 6.92 Å². The number of nitrogens with zero attached hydrogens (tertiary/aromatic N) is 2. The molecule has 0 bridgehead atoms. The van der Waals surface area contributed by atoms with Gasteiger partial charge in [0.15, 0.2) is 5.82 Å². The zero-order valence-corrected chi connectivity index (χ0v) is 9.40. The summed E-state index contributed by atoms with van der Waals surface area (Å²) in [6, 6.07) is 5.37. The van der Waals surface area contributed by atoms with Crippen LogP contribution in [-0.2, 0) is 6.42 Å². The third-order valence-electron chi connectivity index (χ3n) is 2.33. The normalized spacial score (nSPS) is 10.6. The van der Waals surface area contributed by atoms with Crippen LogP contribution in [0.2, 0.25) is 0 Å². The summed E-state index contributed by atoms with van der Waals surface area (Å²) in [5.41, 5.74) is 1.58. The van der Waals surface area contributed by atoms with E-state index in [0.717, 1.165) is 18.4 Å². The van der Waals surface area contributed by atoms with Gasteiger partial charge in [0, 0.05) is 6.42 Å². The molecule has 0 aliphatic heterocycles. The number of hydrogen-bond donors (Lipinski definition) is 1. The molecule has 0 spiro atoms. The number of aromatic nitrogens is 2. The molecule has 0 aliphatic carbocycles. The van der Waals surface area contributed by atoms with Gasteiger partial charge in [-0.1, -0.05) is 18.1 Å². The molecular weight excluding hydrogens is 204 g/mol. The quantitative estimate of drug-likeness (QED) is 0.860. The third kappa shape index (κ3) is 2.05. The van der Waals surface area contributed by atoms with Crippen molar-refractivity contribution in [3.8, 4) is 17.2 Å². The van der Waals surface area contributed by atoms with Gasteiger partial charge in [0.25, 0.3) is 5.89 Å². The van der Waals surface area contributed by atoms with Gasteiger partial charge in [0.05, 0.1) is 5.56 Å². The van der Waals surface area contributed by atoms with Crippen molar-refractivity contribution in [3.05, 3.63) is 29.6 Å². The molecule has 1 aromatic carbocycles. The molecule has 0 saturated heterocycles. The Morgan fingerprint density at radius 1 is 1.38 bits per heavy atom. The second-order valence-corrected chi connectivity index (χ2v) is 3.79. The largest absolute Gasteiger partial charge is 0.507 e. The van der Waals surface area contributed by atoms with Crippen molar-refractivity contribution < 1.29 is 9.63 Å². The highest BCUT2D eigenvalue weighted by Crippen LogP contribution is 2.28. The van der Waals surface area contributed by atoms with Crippen LogP contribution in [-0.4, -0.2) is 15.2 Å². The topological polar surface area (TPSA) is 59.2 Å². The van der Waals surface area contributed by atoms with Crippen LogP contribution in [0.5, 0.6) is 5.75 Å². The van der Waals surface area contributed by atoms with Gasteiger partial charge in [-0.25, -0.2) is 0 Å². The fourth-order valence-corrected chi connectivity index (χ4v) is 1.51. The molecule has 1 aromatic heterocycles. The Morgan fingerprint density at radius 3 is 2.88 bits per heavy atom. The summed E-state index contributed by atoms with van der Waals surface area (Å²) in [5, 5.41) is 13.6. The zero-order valence-electron chi connectivity index (χ0n) is 9.40. The fourth-order valence-electron chi connectivity index (χ4n) is 1.51. The predicted molar refractivity (Wildman–Crippen MR) is 60.1 cm³/mol. The van der Waals surface area contributed by atoms with E-state index in [4.69, 9.17) is 4.52 Å². The van der Waals surface area contributed by atoms with E-state index in [0.29, 0.717) is 17.3 Å². The van der Waals surface area contributed by atoms with E-state index >= 15 is 0 Å². The van der Waals surface area contributed by atoms with E-state index in [1.807, 2.05) is 13.0 Å². The lowest BCUT2D eigenvalue weighted by Crippen LogP contribution is -1.86. The number of aromatic hydroxyl groups is 1. The molecule has 2 rings (SSSR count). The van der Waals surface area contributed by atoms with Gasteiger partial charge in [-0.05, 0) is 31.0 Å². The van der Waals surface area contributed by atoms with Crippen LogP contribution >= 0.6 is 0 Å². The predicted octanol–water partition coefficient (Wildman–Crippen LogP) is 2.70. The maximum Gasteiger partial charge on any atom is 0.261 e.